The van der Waals surface area contributed by atoms with Gasteiger partial charge in [0, 0.05) is 0 Å². The van der Waals surface area contributed by atoms with Crippen molar-refractivity contribution in [1.29, 1.82) is 0 Å². The van der Waals surface area contributed by atoms with E-state index in [2.05, 4.69) is 0 Å². The highest BCUT2D eigenvalue weighted by Crippen LogP contribution is 2.29. The van der Waals surface area contributed by atoms with E-state index in [1.54, 1.807) is 6.07 Å². The number of hydrogen-bond acceptors (Lipinski definition) is 2. The van der Waals surface area contributed by atoms with E-state index in [0.717, 1.165) is 5.56 Å². The van der Waals surface area contributed by atoms with E-state index in [4.69, 9.17) is 33.7 Å². The van der Waals surface area contributed by atoms with Crippen molar-refractivity contribution in [3.63, 3.8) is 0 Å². The van der Waals surface area contributed by atoms with Crippen LogP contribution in [0, 0.1) is 0 Å². The first kappa shape index (κ1) is 12.8. The molecular formula is C11H15Cl2NO. The SMILES string of the molecule is CC(C)OCC(N)c1cccc(Cl)c1Cl. The molecule has 2 N–H and O–H groups in total. The van der Waals surface area contributed by atoms with Gasteiger partial charge in [-0.2, -0.15) is 0 Å². The first-order valence-corrected chi connectivity index (χ1v) is 5.59. The van der Waals surface area contributed by atoms with Crippen molar-refractivity contribution in [1.82, 2.24) is 0 Å². The van der Waals surface area contributed by atoms with E-state index in [1.807, 2.05) is 26.0 Å². The van der Waals surface area contributed by atoms with E-state index in [-0.39, 0.29) is 12.1 Å². The minimum atomic E-state index is -0.237. The molecule has 0 radical (unpaired) electrons. The van der Waals surface area contributed by atoms with Crippen LogP contribution in [0.15, 0.2) is 18.2 Å². The summed E-state index contributed by atoms with van der Waals surface area (Å²) in [5, 5.41) is 1.04. The lowest BCUT2D eigenvalue weighted by atomic mass is 10.1. The lowest BCUT2D eigenvalue weighted by molar-refractivity contribution is 0.0683. The molecule has 15 heavy (non-hydrogen) atoms. The largest absolute Gasteiger partial charge is 0.377 e. The van der Waals surface area contributed by atoms with Gasteiger partial charge in [-0.1, -0.05) is 35.3 Å². The highest BCUT2D eigenvalue weighted by molar-refractivity contribution is 6.42. The molecule has 0 aromatic heterocycles. The zero-order valence-electron chi connectivity index (χ0n) is 8.84. The van der Waals surface area contributed by atoms with Crippen molar-refractivity contribution in [2.24, 2.45) is 5.73 Å². The Hall–Kier alpha value is -0.280. The van der Waals surface area contributed by atoms with Crippen LogP contribution < -0.4 is 5.73 Å². The summed E-state index contributed by atoms with van der Waals surface area (Å²) in [6.45, 7) is 4.37. The van der Waals surface area contributed by atoms with Crippen molar-refractivity contribution >= 4 is 23.2 Å². The standard InChI is InChI=1S/C11H15Cl2NO/c1-7(2)15-6-10(14)8-4-3-5-9(12)11(8)13/h3-5,7,10H,6,14H2,1-2H3. The Balaban J connectivity index is 2.73. The second-order valence-electron chi connectivity index (χ2n) is 3.63. The molecule has 0 aliphatic rings. The molecule has 0 saturated carbocycles. The van der Waals surface area contributed by atoms with Crippen LogP contribution in [0.2, 0.25) is 10.0 Å². The zero-order chi connectivity index (χ0) is 11.4. The average Bonchev–Trinajstić information content (AvgIpc) is 2.18. The third kappa shape index (κ3) is 3.65. The van der Waals surface area contributed by atoms with Crippen LogP contribution in [0.5, 0.6) is 0 Å². The molecule has 2 nitrogen and oxygen atoms in total. The predicted octanol–water partition coefficient (Wildman–Crippen LogP) is 3.42. The van der Waals surface area contributed by atoms with Gasteiger partial charge < -0.3 is 10.5 Å². The molecule has 1 rings (SSSR count). The Kier molecular flexibility index (Phi) is 4.87. The number of hydrogen-bond donors (Lipinski definition) is 1. The van der Waals surface area contributed by atoms with Gasteiger partial charge in [0.25, 0.3) is 0 Å². The van der Waals surface area contributed by atoms with E-state index < -0.39 is 0 Å². The molecule has 0 amide bonds. The fourth-order valence-corrected chi connectivity index (χ4v) is 1.64. The maximum absolute atomic E-state index is 6.04. The van der Waals surface area contributed by atoms with Crippen LogP contribution in [-0.2, 0) is 4.74 Å². The third-order valence-corrected chi connectivity index (χ3v) is 2.82. The molecule has 1 unspecified atom stereocenters. The minimum absolute atomic E-state index is 0.161. The molecule has 0 heterocycles. The van der Waals surface area contributed by atoms with Gasteiger partial charge in [-0.05, 0) is 25.5 Å². The Bertz CT molecular complexity index is 328. The first-order chi connectivity index (χ1) is 7.02. The van der Waals surface area contributed by atoms with Gasteiger partial charge in [0.15, 0.2) is 0 Å². The highest BCUT2D eigenvalue weighted by atomic mass is 35.5. The second kappa shape index (κ2) is 5.71. The topological polar surface area (TPSA) is 35.2 Å². The quantitative estimate of drug-likeness (QED) is 0.886. The summed E-state index contributed by atoms with van der Waals surface area (Å²) in [6, 6.07) is 5.20. The third-order valence-electron chi connectivity index (χ3n) is 1.99. The summed E-state index contributed by atoms with van der Waals surface area (Å²) in [6.07, 6.45) is 0.161. The van der Waals surface area contributed by atoms with E-state index in [9.17, 15) is 0 Å². The Morgan fingerprint density at radius 3 is 2.60 bits per heavy atom. The predicted molar refractivity (Wildman–Crippen MR) is 64.5 cm³/mol. The summed E-state index contributed by atoms with van der Waals surface area (Å²) in [5.41, 5.74) is 6.77. The molecule has 0 fully saturated rings. The maximum atomic E-state index is 6.04. The Labute approximate surface area is 100 Å². The number of ether oxygens (including phenoxy) is 1. The molecule has 0 aliphatic heterocycles. The number of halogens is 2. The Morgan fingerprint density at radius 2 is 2.00 bits per heavy atom. The summed E-state index contributed by atoms with van der Waals surface area (Å²) in [7, 11) is 0. The number of nitrogens with two attached hydrogens (primary N) is 1. The molecule has 1 aromatic carbocycles. The van der Waals surface area contributed by atoms with Crippen molar-refractivity contribution in [2.75, 3.05) is 6.61 Å². The van der Waals surface area contributed by atoms with E-state index >= 15 is 0 Å². The summed E-state index contributed by atoms with van der Waals surface area (Å²) >= 11 is 11.9. The van der Waals surface area contributed by atoms with Crippen LogP contribution >= 0.6 is 23.2 Å². The fraction of sp³-hybridized carbons (Fsp3) is 0.455. The number of benzene rings is 1. The van der Waals surface area contributed by atoms with Gasteiger partial charge in [0.2, 0.25) is 0 Å². The van der Waals surface area contributed by atoms with Crippen LogP contribution in [-0.4, -0.2) is 12.7 Å². The minimum Gasteiger partial charge on any atom is -0.377 e. The molecule has 1 aromatic rings. The lowest BCUT2D eigenvalue weighted by Gasteiger charge is -2.16. The monoisotopic (exact) mass is 247 g/mol. The second-order valence-corrected chi connectivity index (χ2v) is 4.42. The van der Waals surface area contributed by atoms with Crippen LogP contribution in [0.1, 0.15) is 25.5 Å². The van der Waals surface area contributed by atoms with E-state index in [1.165, 1.54) is 0 Å². The molecule has 1 atom stereocenters. The zero-order valence-corrected chi connectivity index (χ0v) is 10.3. The van der Waals surface area contributed by atoms with Crippen molar-refractivity contribution in [3.05, 3.63) is 33.8 Å². The van der Waals surface area contributed by atoms with Crippen molar-refractivity contribution in [3.8, 4) is 0 Å². The molecule has 0 bridgehead atoms. The maximum Gasteiger partial charge on any atom is 0.0663 e. The molecule has 0 saturated heterocycles. The highest BCUT2D eigenvalue weighted by Gasteiger charge is 2.12. The molecule has 4 heteroatoms. The first-order valence-electron chi connectivity index (χ1n) is 4.83. The molecule has 0 aliphatic carbocycles. The van der Waals surface area contributed by atoms with Crippen LogP contribution in [0.25, 0.3) is 0 Å². The van der Waals surface area contributed by atoms with Crippen molar-refractivity contribution < 1.29 is 4.74 Å². The van der Waals surface area contributed by atoms with E-state index in [0.29, 0.717) is 16.7 Å². The van der Waals surface area contributed by atoms with Gasteiger partial charge in [0.1, 0.15) is 0 Å². The summed E-state index contributed by atoms with van der Waals surface area (Å²) in [5.74, 6) is 0. The van der Waals surface area contributed by atoms with Gasteiger partial charge in [-0.25, -0.2) is 0 Å². The van der Waals surface area contributed by atoms with Gasteiger partial charge in [-0.15, -0.1) is 0 Å². The molecule has 84 valence electrons. The summed E-state index contributed by atoms with van der Waals surface area (Å²) in [4.78, 5) is 0. The normalized spacial score (nSPS) is 13.2. The number of rotatable bonds is 4. The average molecular weight is 248 g/mol. The van der Waals surface area contributed by atoms with Crippen LogP contribution in [0.3, 0.4) is 0 Å². The summed E-state index contributed by atoms with van der Waals surface area (Å²) < 4.78 is 5.43. The lowest BCUT2D eigenvalue weighted by Crippen LogP contribution is -2.20. The fourth-order valence-electron chi connectivity index (χ4n) is 1.19. The molecule has 0 spiro atoms. The van der Waals surface area contributed by atoms with Crippen LogP contribution in [0.4, 0.5) is 0 Å². The van der Waals surface area contributed by atoms with Gasteiger partial charge in [0.05, 0.1) is 28.8 Å². The van der Waals surface area contributed by atoms with Gasteiger partial charge in [-0.3, -0.25) is 0 Å². The van der Waals surface area contributed by atoms with Gasteiger partial charge >= 0.3 is 0 Å². The Morgan fingerprint density at radius 1 is 1.33 bits per heavy atom. The van der Waals surface area contributed by atoms with Crippen molar-refractivity contribution in [2.45, 2.75) is 26.0 Å². The molecular weight excluding hydrogens is 233 g/mol. The smallest absolute Gasteiger partial charge is 0.0663 e.